The van der Waals surface area contributed by atoms with Crippen molar-refractivity contribution in [3.05, 3.63) is 454 Å². The minimum absolute atomic E-state index is 0.176. The number of aromatic nitrogens is 3. The molecule has 0 saturated heterocycles. The fraction of sp³-hybridized carbons (Fsp3) is 0.0233. The Kier molecular flexibility index (Phi) is 17.4. The number of para-hydroxylation sites is 8. The number of benzene rings is 21. The molecule has 0 bridgehead atoms. The summed E-state index contributed by atoms with van der Waals surface area (Å²) in [5.41, 5.74) is 33.7. The van der Waals surface area contributed by atoms with Crippen molar-refractivity contribution >= 4 is 226 Å². The van der Waals surface area contributed by atoms with Gasteiger partial charge in [-0.1, -0.05) is 347 Å². The van der Waals surface area contributed by atoms with Crippen LogP contribution < -0.4 is 0 Å². The van der Waals surface area contributed by atoms with E-state index in [1.54, 1.807) is 0 Å². The van der Waals surface area contributed by atoms with E-state index in [0.29, 0.717) is 0 Å². The third-order valence-corrected chi connectivity index (χ3v) is 32.9. The first-order valence-electron chi connectivity index (χ1n) is 47.1. The second-order valence-electron chi connectivity index (χ2n) is 37.1. The van der Waals surface area contributed by atoms with Gasteiger partial charge in [0.25, 0.3) is 0 Å². The molecule has 0 saturated carbocycles. The van der Waals surface area contributed by atoms with Crippen LogP contribution in [0.15, 0.2) is 456 Å². The van der Waals surface area contributed by atoms with Crippen LogP contribution in [0.25, 0.3) is 276 Å². The molecule has 21 aromatic carbocycles. The highest BCUT2D eigenvalue weighted by atomic mass is 32.1. The van der Waals surface area contributed by atoms with Crippen molar-refractivity contribution in [1.82, 2.24) is 13.7 Å². The Morgan fingerprint density at radius 2 is 0.493 bits per heavy atom. The summed E-state index contributed by atoms with van der Waals surface area (Å²) in [5, 5.41) is 22.6. The molecular weight excluding hydrogens is 1740 g/mol. The standard InChI is InChI=1S/C45H29NOS.2C42H25NOS/c1-45(2)37-24-26(28-13-9-14-35-32-11-4-7-16-40(32)47-43(28)35)18-20-29(37)30-21-19-27(25-38(30)45)46-39-15-6-3-10-31(39)34-22-23-36-33-12-5-8-17-41(33)48-44(36)42(34)46;1-4-13-37-31(8-1)34-24-25-36-33-10-3-6-15-39(33)45-42(36)40(34)43(37)29-22-20-27(21-23-29)26-16-18-28(19-17-26)30-11-7-12-35-32-9-2-5-14-38(32)44-41(30)35;1-4-10-37-31(7-1)34-22-23-35-33-9-3-6-12-40(33)45-42(35)41(34)43(37)30-20-17-27(18-21-30)26-13-15-28(16-14-26)29-19-24-39-36(25-29)32-8-2-5-11-38(32)44-39/h3-25H,1-2H3;2*1-25H. The van der Waals surface area contributed by atoms with Gasteiger partial charge in [0.05, 0.1) is 47.2 Å². The molecule has 0 aliphatic heterocycles. The maximum absolute atomic E-state index is 6.45. The average molecular weight is 1820 g/mol. The second-order valence-corrected chi connectivity index (χ2v) is 40.3. The molecule has 9 heterocycles. The van der Waals surface area contributed by atoms with E-state index in [1.807, 2.05) is 64.3 Å². The van der Waals surface area contributed by atoms with Crippen molar-refractivity contribution < 1.29 is 13.3 Å². The largest absolute Gasteiger partial charge is 0.456 e. The van der Waals surface area contributed by atoms with Crippen LogP contribution in [0.2, 0.25) is 0 Å². The molecule has 0 amide bonds. The predicted octanol–water partition coefficient (Wildman–Crippen LogP) is 37.8. The maximum Gasteiger partial charge on any atom is 0.143 e. The van der Waals surface area contributed by atoms with Crippen molar-refractivity contribution in [1.29, 1.82) is 0 Å². The Bertz CT molecular complexity index is 10300. The SMILES string of the molecule is CC1(C)c2cc(-c3cccc4c3oc3ccccc34)ccc2-c2ccc(-n3c4ccccc4c4ccc5c6ccccc6sc5c43)cc21.c1ccc2c(c1)oc1c(-c3ccc(-c4ccc(-n5c6ccccc6c6ccc7c8ccccc8sc7c65)cc4)cc3)cccc12.c1ccc2c(c1)oc1ccc(-c3ccc(-c4ccc(-n5c6ccccc6c6ccc7c8ccccc8sc7c65)cc4)cc3)cc12. The van der Waals surface area contributed by atoms with Crippen molar-refractivity contribution in [3.8, 4) is 83.8 Å². The van der Waals surface area contributed by atoms with Gasteiger partial charge in [0.1, 0.15) is 33.5 Å². The highest BCUT2D eigenvalue weighted by Gasteiger charge is 2.37. The predicted molar refractivity (Wildman–Crippen MR) is 588 cm³/mol. The van der Waals surface area contributed by atoms with Gasteiger partial charge >= 0.3 is 0 Å². The molecule has 1 aliphatic carbocycles. The van der Waals surface area contributed by atoms with Gasteiger partial charge in [-0.15, -0.1) is 34.0 Å². The summed E-state index contributed by atoms with van der Waals surface area (Å²) >= 11 is 5.68. The Hall–Kier alpha value is -16.9. The molecule has 138 heavy (non-hydrogen) atoms. The fourth-order valence-corrected chi connectivity index (χ4v) is 26.4. The lowest BCUT2D eigenvalue weighted by molar-refractivity contribution is 0.659. The van der Waals surface area contributed by atoms with Gasteiger partial charge in [-0.05, 0) is 176 Å². The van der Waals surface area contributed by atoms with E-state index in [2.05, 4.69) is 440 Å². The van der Waals surface area contributed by atoms with Crippen LogP contribution in [-0.2, 0) is 5.41 Å². The van der Waals surface area contributed by atoms with Crippen LogP contribution in [0.4, 0.5) is 0 Å². The molecule has 9 heteroatoms. The molecule has 0 atom stereocenters. The van der Waals surface area contributed by atoms with Crippen LogP contribution in [0.3, 0.4) is 0 Å². The van der Waals surface area contributed by atoms with E-state index < -0.39 is 0 Å². The van der Waals surface area contributed by atoms with Crippen molar-refractivity contribution in [2.75, 3.05) is 0 Å². The lowest BCUT2D eigenvalue weighted by Gasteiger charge is -2.23. The minimum Gasteiger partial charge on any atom is -0.456 e. The Labute approximate surface area is 803 Å². The van der Waals surface area contributed by atoms with Crippen LogP contribution in [-0.4, -0.2) is 13.7 Å². The van der Waals surface area contributed by atoms with Crippen molar-refractivity contribution in [2.24, 2.45) is 0 Å². The zero-order valence-electron chi connectivity index (χ0n) is 74.9. The maximum atomic E-state index is 6.45. The fourth-order valence-electron chi connectivity index (χ4n) is 22.7. The molecule has 1 aliphatic rings. The lowest BCUT2D eigenvalue weighted by atomic mass is 9.81. The van der Waals surface area contributed by atoms with Gasteiger partial charge in [-0.2, -0.15) is 0 Å². The third-order valence-electron chi connectivity index (χ3n) is 29.3. The van der Waals surface area contributed by atoms with E-state index in [9.17, 15) is 0 Å². The number of rotatable bonds is 8. The molecule has 0 fully saturated rings. The van der Waals surface area contributed by atoms with Gasteiger partial charge in [-0.25, -0.2) is 0 Å². The number of furan rings is 3. The number of hydrogen-bond donors (Lipinski definition) is 0. The smallest absolute Gasteiger partial charge is 0.143 e. The van der Waals surface area contributed by atoms with Crippen LogP contribution >= 0.6 is 34.0 Å². The van der Waals surface area contributed by atoms with Gasteiger partial charge in [-0.3, -0.25) is 0 Å². The zero-order chi connectivity index (χ0) is 90.7. The Morgan fingerprint density at radius 1 is 0.188 bits per heavy atom. The molecule has 9 aromatic heterocycles. The minimum atomic E-state index is -0.176. The highest BCUT2D eigenvalue weighted by Crippen LogP contribution is 2.54. The number of fused-ring (bicyclic) bond motifs is 33. The summed E-state index contributed by atoms with van der Waals surface area (Å²) in [5.74, 6) is 0. The second kappa shape index (κ2) is 30.6. The van der Waals surface area contributed by atoms with Gasteiger partial charge in [0.15, 0.2) is 0 Å². The highest BCUT2D eigenvalue weighted by molar-refractivity contribution is 7.27. The summed E-state index contributed by atoms with van der Waals surface area (Å²) in [4.78, 5) is 0. The van der Waals surface area contributed by atoms with E-state index in [1.165, 1.54) is 204 Å². The topological polar surface area (TPSA) is 54.2 Å². The molecule has 0 N–H and O–H groups in total. The summed E-state index contributed by atoms with van der Waals surface area (Å²) in [7, 11) is 0. The summed E-state index contributed by atoms with van der Waals surface area (Å²) in [6.07, 6.45) is 0. The first kappa shape index (κ1) is 78.6. The number of nitrogens with zero attached hydrogens (tertiary/aromatic N) is 3. The monoisotopic (exact) mass is 1810 g/mol. The Morgan fingerprint density at radius 3 is 0.942 bits per heavy atom. The van der Waals surface area contributed by atoms with Gasteiger partial charge < -0.3 is 27.0 Å². The molecular formula is C129H79N3O3S3. The molecule has 646 valence electrons. The molecule has 31 rings (SSSR count). The van der Waals surface area contributed by atoms with E-state index in [0.717, 1.165) is 82.5 Å². The average Bonchev–Trinajstić information content (AvgIpc) is 1.56. The number of thiophene rings is 3. The van der Waals surface area contributed by atoms with Crippen LogP contribution in [0.1, 0.15) is 25.0 Å². The molecule has 0 radical (unpaired) electrons. The summed E-state index contributed by atoms with van der Waals surface area (Å²) < 4.78 is 34.2. The van der Waals surface area contributed by atoms with Gasteiger partial charge in [0.2, 0.25) is 0 Å². The Balaban J connectivity index is 0.0000000999. The summed E-state index contributed by atoms with van der Waals surface area (Å²) in [6, 6.07) is 161. The molecule has 6 nitrogen and oxygen atoms in total. The molecule has 0 unspecified atom stereocenters. The zero-order valence-corrected chi connectivity index (χ0v) is 77.4. The van der Waals surface area contributed by atoms with E-state index in [4.69, 9.17) is 13.3 Å². The van der Waals surface area contributed by atoms with Crippen LogP contribution in [0, 0.1) is 0 Å². The first-order chi connectivity index (χ1) is 68.2. The number of hydrogen-bond acceptors (Lipinski definition) is 6. The normalized spacial score (nSPS) is 12.6. The lowest BCUT2D eigenvalue weighted by Crippen LogP contribution is -2.15. The third kappa shape index (κ3) is 12.0. The van der Waals surface area contributed by atoms with Crippen molar-refractivity contribution in [3.63, 3.8) is 0 Å². The van der Waals surface area contributed by atoms with Crippen LogP contribution in [0.5, 0.6) is 0 Å². The molecule has 30 aromatic rings. The van der Waals surface area contributed by atoms with Gasteiger partial charge in [0, 0.05) is 145 Å². The van der Waals surface area contributed by atoms with Crippen molar-refractivity contribution in [2.45, 2.75) is 19.3 Å². The quantitative estimate of drug-likeness (QED) is 0.152. The van der Waals surface area contributed by atoms with E-state index in [-0.39, 0.29) is 5.41 Å². The molecule has 0 spiro atoms. The summed E-state index contributed by atoms with van der Waals surface area (Å²) in [6.45, 7) is 4.76. The van der Waals surface area contributed by atoms with E-state index >= 15 is 0 Å². The first-order valence-corrected chi connectivity index (χ1v) is 49.6.